The van der Waals surface area contributed by atoms with Crippen LogP contribution in [0.3, 0.4) is 0 Å². The predicted octanol–water partition coefficient (Wildman–Crippen LogP) is 2.03. The van der Waals surface area contributed by atoms with Crippen molar-refractivity contribution < 1.29 is 4.79 Å². The van der Waals surface area contributed by atoms with Gasteiger partial charge in [-0.3, -0.25) is 4.79 Å². The highest BCUT2D eigenvalue weighted by atomic mass is 16.1. The fourth-order valence-electron chi connectivity index (χ4n) is 1.85. The molecule has 0 bridgehead atoms. The van der Waals surface area contributed by atoms with Crippen molar-refractivity contribution in [3.8, 4) is 0 Å². The molecule has 2 aromatic rings. The lowest BCUT2D eigenvalue weighted by Gasteiger charge is -2.06. The molecule has 0 radical (unpaired) electrons. The fourth-order valence-corrected chi connectivity index (χ4v) is 1.85. The molecule has 2 N–H and O–H groups in total. The highest BCUT2D eigenvalue weighted by Gasteiger charge is 1.98. The van der Waals surface area contributed by atoms with E-state index >= 15 is 0 Å². The van der Waals surface area contributed by atoms with Gasteiger partial charge < -0.3 is 10.6 Å². The molecule has 0 fully saturated rings. The first kappa shape index (κ1) is 14.1. The monoisotopic (exact) mass is 270 g/mol. The molecule has 5 heteroatoms. The number of nitrogens with one attached hydrogen (secondary N) is 2. The Balaban J connectivity index is 1.83. The maximum atomic E-state index is 10.9. The third-order valence-electron chi connectivity index (χ3n) is 2.74. The van der Waals surface area contributed by atoms with Crippen molar-refractivity contribution in [1.29, 1.82) is 0 Å². The molecule has 0 atom stereocenters. The number of hydrogen-bond donors (Lipinski definition) is 2. The first-order valence-corrected chi connectivity index (χ1v) is 6.49. The van der Waals surface area contributed by atoms with E-state index in [0.717, 1.165) is 29.3 Å². The van der Waals surface area contributed by atoms with Gasteiger partial charge in [0, 0.05) is 31.9 Å². The SMILES string of the molecule is CC(=O)Nc1ccc(CNCc2ccnc(C)n2)cc1. The van der Waals surface area contributed by atoms with Gasteiger partial charge in [0.25, 0.3) is 0 Å². The lowest BCUT2D eigenvalue weighted by Crippen LogP contribution is -2.14. The van der Waals surface area contributed by atoms with Gasteiger partial charge in [0.2, 0.25) is 5.91 Å². The number of benzene rings is 1. The molecule has 1 heterocycles. The Morgan fingerprint density at radius 1 is 1.15 bits per heavy atom. The average molecular weight is 270 g/mol. The maximum Gasteiger partial charge on any atom is 0.221 e. The second-order valence-electron chi connectivity index (χ2n) is 4.58. The summed E-state index contributed by atoms with van der Waals surface area (Å²) in [6, 6.07) is 9.67. The molecular weight excluding hydrogens is 252 g/mol. The first-order valence-electron chi connectivity index (χ1n) is 6.49. The topological polar surface area (TPSA) is 66.9 Å². The number of hydrogen-bond acceptors (Lipinski definition) is 4. The largest absolute Gasteiger partial charge is 0.326 e. The number of anilines is 1. The van der Waals surface area contributed by atoms with Gasteiger partial charge >= 0.3 is 0 Å². The van der Waals surface area contributed by atoms with E-state index in [1.54, 1.807) is 6.20 Å². The van der Waals surface area contributed by atoms with Gasteiger partial charge in [-0.25, -0.2) is 9.97 Å². The highest BCUT2D eigenvalue weighted by molar-refractivity contribution is 5.88. The quantitative estimate of drug-likeness (QED) is 0.872. The van der Waals surface area contributed by atoms with Gasteiger partial charge in [-0.2, -0.15) is 0 Å². The summed E-state index contributed by atoms with van der Waals surface area (Å²) < 4.78 is 0. The zero-order valence-corrected chi connectivity index (χ0v) is 11.7. The Labute approximate surface area is 118 Å². The zero-order chi connectivity index (χ0) is 14.4. The van der Waals surface area contributed by atoms with Crippen LogP contribution in [0.15, 0.2) is 36.5 Å². The Morgan fingerprint density at radius 2 is 1.90 bits per heavy atom. The van der Waals surface area contributed by atoms with Crippen LogP contribution in [-0.4, -0.2) is 15.9 Å². The number of carbonyl (C=O) groups is 1. The van der Waals surface area contributed by atoms with Crippen LogP contribution >= 0.6 is 0 Å². The molecule has 0 unspecified atom stereocenters. The lowest BCUT2D eigenvalue weighted by atomic mass is 10.2. The molecule has 20 heavy (non-hydrogen) atoms. The van der Waals surface area contributed by atoms with E-state index in [2.05, 4.69) is 20.6 Å². The molecule has 1 aromatic heterocycles. The third kappa shape index (κ3) is 4.44. The highest BCUT2D eigenvalue weighted by Crippen LogP contribution is 2.09. The van der Waals surface area contributed by atoms with Crippen molar-refractivity contribution in [2.75, 3.05) is 5.32 Å². The molecule has 0 saturated carbocycles. The summed E-state index contributed by atoms with van der Waals surface area (Å²) in [7, 11) is 0. The van der Waals surface area contributed by atoms with Crippen molar-refractivity contribution in [3.05, 3.63) is 53.6 Å². The minimum absolute atomic E-state index is 0.0602. The Morgan fingerprint density at radius 3 is 2.55 bits per heavy atom. The summed E-state index contributed by atoms with van der Waals surface area (Å²) in [6.45, 7) is 4.84. The van der Waals surface area contributed by atoms with Gasteiger partial charge in [0.15, 0.2) is 0 Å². The minimum atomic E-state index is -0.0602. The molecule has 2 rings (SSSR count). The van der Waals surface area contributed by atoms with Crippen molar-refractivity contribution in [3.63, 3.8) is 0 Å². The van der Waals surface area contributed by atoms with Crippen LogP contribution in [0, 0.1) is 6.92 Å². The molecule has 0 aliphatic carbocycles. The summed E-state index contributed by atoms with van der Waals surface area (Å²) in [5.74, 6) is 0.721. The lowest BCUT2D eigenvalue weighted by molar-refractivity contribution is -0.114. The maximum absolute atomic E-state index is 10.9. The molecular formula is C15H18N4O. The zero-order valence-electron chi connectivity index (χ0n) is 11.7. The average Bonchev–Trinajstić information content (AvgIpc) is 2.40. The fraction of sp³-hybridized carbons (Fsp3) is 0.267. The Kier molecular flexibility index (Phi) is 4.79. The summed E-state index contributed by atoms with van der Waals surface area (Å²) in [5, 5.41) is 6.07. The molecule has 0 aliphatic heterocycles. The van der Waals surface area contributed by atoms with E-state index in [1.807, 2.05) is 37.3 Å². The summed E-state index contributed by atoms with van der Waals surface area (Å²) in [6.07, 6.45) is 1.77. The normalized spacial score (nSPS) is 10.3. The number of carbonyl (C=O) groups excluding carboxylic acids is 1. The second-order valence-corrected chi connectivity index (χ2v) is 4.58. The van der Waals surface area contributed by atoms with E-state index in [1.165, 1.54) is 6.92 Å². The summed E-state index contributed by atoms with van der Waals surface area (Å²) in [4.78, 5) is 19.3. The molecule has 1 aromatic carbocycles. The van der Waals surface area contributed by atoms with E-state index in [-0.39, 0.29) is 5.91 Å². The van der Waals surface area contributed by atoms with Crippen LogP contribution in [0.4, 0.5) is 5.69 Å². The van der Waals surface area contributed by atoms with Crippen LogP contribution in [0.5, 0.6) is 0 Å². The van der Waals surface area contributed by atoms with E-state index in [9.17, 15) is 4.79 Å². The van der Waals surface area contributed by atoms with Crippen LogP contribution in [0.1, 0.15) is 24.0 Å². The standard InChI is InChI=1S/C15H18N4O/c1-11-17-8-7-15(18-11)10-16-9-13-3-5-14(6-4-13)19-12(2)20/h3-8,16H,9-10H2,1-2H3,(H,19,20). The number of rotatable bonds is 5. The molecule has 1 amide bonds. The number of aromatic nitrogens is 2. The summed E-state index contributed by atoms with van der Waals surface area (Å²) in [5.41, 5.74) is 2.95. The van der Waals surface area contributed by atoms with E-state index in [4.69, 9.17) is 0 Å². The summed E-state index contributed by atoms with van der Waals surface area (Å²) >= 11 is 0. The smallest absolute Gasteiger partial charge is 0.221 e. The van der Waals surface area contributed by atoms with Gasteiger partial charge in [-0.1, -0.05) is 12.1 Å². The molecule has 5 nitrogen and oxygen atoms in total. The van der Waals surface area contributed by atoms with E-state index < -0.39 is 0 Å². The van der Waals surface area contributed by atoms with Crippen LogP contribution in [-0.2, 0) is 17.9 Å². The van der Waals surface area contributed by atoms with Crippen LogP contribution in [0.25, 0.3) is 0 Å². The van der Waals surface area contributed by atoms with Crippen molar-refractivity contribution >= 4 is 11.6 Å². The van der Waals surface area contributed by atoms with Crippen molar-refractivity contribution in [2.24, 2.45) is 0 Å². The Bertz CT molecular complexity index is 581. The third-order valence-corrected chi connectivity index (χ3v) is 2.74. The molecule has 104 valence electrons. The second kappa shape index (κ2) is 6.77. The van der Waals surface area contributed by atoms with Crippen LogP contribution < -0.4 is 10.6 Å². The van der Waals surface area contributed by atoms with Gasteiger partial charge in [-0.05, 0) is 30.7 Å². The predicted molar refractivity (Wildman–Crippen MR) is 78.1 cm³/mol. The van der Waals surface area contributed by atoms with Crippen molar-refractivity contribution in [1.82, 2.24) is 15.3 Å². The minimum Gasteiger partial charge on any atom is -0.326 e. The van der Waals surface area contributed by atoms with E-state index in [0.29, 0.717) is 6.54 Å². The Hall–Kier alpha value is -2.27. The number of aryl methyl sites for hydroxylation is 1. The molecule has 0 aliphatic rings. The number of nitrogens with zero attached hydrogens (tertiary/aromatic N) is 2. The first-order chi connectivity index (χ1) is 9.63. The molecule has 0 saturated heterocycles. The van der Waals surface area contributed by atoms with Crippen molar-refractivity contribution in [2.45, 2.75) is 26.9 Å². The van der Waals surface area contributed by atoms with Gasteiger partial charge in [-0.15, -0.1) is 0 Å². The number of amides is 1. The van der Waals surface area contributed by atoms with Crippen LogP contribution in [0.2, 0.25) is 0 Å². The molecule has 0 spiro atoms. The van der Waals surface area contributed by atoms with Gasteiger partial charge in [0.1, 0.15) is 5.82 Å². The van der Waals surface area contributed by atoms with Gasteiger partial charge in [0.05, 0.1) is 5.69 Å².